The molecule has 9 nitrogen and oxygen atoms in total. The normalized spacial score (nSPS) is 14.0. The Kier molecular flexibility index (Phi) is 8.06. The number of esters is 2. The van der Waals surface area contributed by atoms with E-state index >= 15 is 0 Å². The van der Waals surface area contributed by atoms with Crippen LogP contribution in [-0.4, -0.2) is 57.4 Å². The molecular weight excluding hydrogens is 472 g/mol. The summed E-state index contributed by atoms with van der Waals surface area (Å²) in [6, 6.07) is 10.3. The van der Waals surface area contributed by atoms with E-state index in [9.17, 15) is 22.8 Å². The first-order chi connectivity index (χ1) is 15.7. The molecule has 3 rings (SSSR count). The van der Waals surface area contributed by atoms with Gasteiger partial charge in [-0.2, -0.15) is 4.31 Å². The van der Waals surface area contributed by atoms with Crippen LogP contribution >= 0.6 is 11.6 Å². The minimum absolute atomic E-state index is 0.00871. The highest BCUT2D eigenvalue weighted by atomic mass is 35.5. The molecule has 1 N–H and O–H groups in total. The lowest BCUT2D eigenvalue weighted by molar-refractivity contribution is -0.124. The fourth-order valence-corrected chi connectivity index (χ4v) is 5.26. The summed E-state index contributed by atoms with van der Waals surface area (Å²) in [6.07, 6.45) is 1.53. The fourth-order valence-electron chi connectivity index (χ4n) is 3.24. The van der Waals surface area contributed by atoms with Gasteiger partial charge in [0, 0.05) is 19.6 Å². The van der Waals surface area contributed by atoms with E-state index in [1.165, 1.54) is 29.6 Å². The van der Waals surface area contributed by atoms with Crippen molar-refractivity contribution in [3.05, 3.63) is 64.2 Å². The molecule has 1 aliphatic heterocycles. The maximum atomic E-state index is 12.8. The third-order valence-electron chi connectivity index (χ3n) is 5.05. The minimum Gasteiger partial charge on any atom is -0.465 e. The summed E-state index contributed by atoms with van der Waals surface area (Å²) < 4.78 is 36.5. The van der Waals surface area contributed by atoms with Crippen molar-refractivity contribution in [2.75, 3.05) is 26.8 Å². The Bertz CT molecular complexity index is 1140. The number of sulfonamides is 1. The molecule has 1 saturated heterocycles. The van der Waals surface area contributed by atoms with E-state index in [2.05, 4.69) is 10.1 Å². The number of carbonyl (C=O) groups is 3. The zero-order valence-corrected chi connectivity index (χ0v) is 19.4. The molecule has 1 heterocycles. The van der Waals surface area contributed by atoms with E-state index in [0.29, 0.717) is 18.7 Å². The van der Waals surface area contributed by atoms with Gasteiger partial charge in [-0.3, -0.25) is 4.79 Å². The second kappa shape index (κ2) is 10.8. The van der Waals surface area contributed by atoms with Crippen LogP contribution in [0.4, 0.5) is 0 Å². The molecule has 11 heteroatoms. The third-order valence-corrected chi connectivity index (χ3v) is 7.43. The summed E-state index contributed by atoms with van der Waals surface area (Å²) in [6.45, 7) is 0.421. The molecule has 0 spiro atoms. The van der Waals surface area contributed by atoms with Crippen LogP contribution in [0.25, 0.3) is 0 Å². The standard InChI is InChI=1S/C22H23ClN2O7S/c1-31-21(27)16-6-4-15(5-7-16)13-24-20(26)14-32-22(28)17-8-9-18(23)19(12-17)33(29,30)25-10-2-3-11-25/h4-9,12H,2-3,10-11,13-14H2,1H3,(H,24,26). The average Bonchev–Trinajstić information content (AvgIpc) is 3.37. The number of benzene rings is 2. The van der Waals surface area contributed by atoms with E-state index < -0.39 is 34.5 Å². The molecule has 1 fully saturated rings. The highest BCUT2D eigenvalue weighted by molar-refractivity contribution is 7.89. The number of hydrogen-bond donors (Lipinski definition) is 1. The maximum Gasteiger partial charge on any atom is 0.338 e. The first-order valence-corrected chi connectivity index (χ1v) is 11.9. The van der Waals surface area contributed by atoms with Crippen LogP contribution in [-0.2, 0) is 30.8 Å². The van der Waals surface area contributed by atoms with Gasteiger partial charge in [0.15, 0.2) is 6.61 Å². The molecule has 2 aromatic rings. The summed E-state index contributed by atoms with van der Waals surface area (Å²) >= 11 is 6.08. The molecule has 2 aromatic carbocycles. The van der Waals surface area contributed by atoms with Gasteiger partial charge < -0.3 is 14.8 Å². The average molecular weight is 495 g/mol. The van der Waals surface area contributed by atoms with Crippen molar-refractivity contribution >= 4 is 39.5 Å². The Labute approximate surface area is 196 Å². The maximum absolute atomic E-state index is 12.8. The quantitative estimate of drug-likeness (QED) is 0.559. The molecule has 1 aliphatic rings. The predicted octanol–water partition coefficient (Wildman–Crippen LogP) is 2.38. The van der Waals surface area contributed by atoms with Crippen LogP contribution in [0.3, 0.4) is 0 Å². The van der Waals surface area contributed by atoms with E-state index in [-0.39, 0.29) is 22.0 Å². The van der Waals surface area contributed by atoms with Gasteiger partial charge in [0.05, 0.1) is 23.3 Å². The Morgan fingerprint density at radius 2 is 1.64 bits per heavy atom. The topological polar surface area (TPSA) is 119 Å². The van der Waals surface area contributed by atoms with Crippen molar-refractivity contribution in [3.8, 4) is 0 Å². The molecule has 0 bridgehead atoms. The first-order valence-electron chi connectivity index (χ1n) is 10.1. The number of ether oxygens (including phenoxy) is 2. The zero-order chi connectivity index (χ0) is 24.0. The summed E-state index contributed by atoms with van der Waals surface area (Å²) in [4.78, 5) is 35.7. The van der Waals surface area contributed by atoms with Gasteiger partial charge in [-0.15, -0.1) is 0 Å². The molecule has 0 unspecified atom stereocenters. The number of rotatable bonds is 8. The third kappa shape index (κ3) is 6.10. The van der Waals surface area contributed by atoms with Crippen molar-refractivity contribution in [3.63, 3.8) is 0 Å². The molecule has 0 aliphatic carbocycles. The van der Waals surface area contributed by atoms with Gasteiger partial charge in [-0.1, -0.05) is 23.7 Å². The van der Waals surface area contributed by atoms with Crippen LogP contribution in [0.5, 0.6) is 0 Å². The van der Waals surface area contributed by atoms with Crippen LogP contribution < -0.4 is 5.32 Å². The van der Waals surface area contributed by atoms with Crippen LogP contribution in [0.2, 0.25) is 5.02 Å². The first kappa shape index (κ1) is 24.7. The number of nitrogens with zero attached hydrogens (tertiary/aromatic N) is 1. The molecule has 0 saturated carbocycles. The SMILES string of the molecule is COC(=O)c1ccc(CNC(=O)COC(=O)c2ccc(Cl)c(S(=O)(=O)N3CCCC3)c2)cc1. The van der Waals surface area contributed by atoms with Gasteiger partial charge in [-0.05, 0) is 48.7 Å². The molecule has 0 atom stereocenters. The highest BCUT2D eigenvalue weighted by Gasteiger charge is 2.30. The van der Waals surface area contributed by atoms with Gasteiger partial charge in [-0.25, -0.2) is 18.0 Å². The molecule has 1 amide bonds. The molecule has 0 radical (unpaired) electrons. The number of halogens is 1. The minimum atomic E-state index is -3.82. The van der Waals surface area contributed by atoms with E-state index in [1.807, 2.05) is 0 Å². The number of hydrogen-bond acceptors (Lipinski definition) is 7. The fraction of sp³-hybridized carbons (Fsp3) is 0.318. The molecule has 176 valence electrons. The van der Waals surface area contributed by atoms with Crippen molar-refractivity contribution < 1.29 is 32.3 Å². The van der Waals surface area contributed by atoms with Gasteiger partial charge in [0.25, 0.3) is 5.91 Å². The van der Waals surface area contributed by atoms with Gasteiger partial charge in [0.2, 0.25) is 10.0 Å². The smallest absolute Gasteiger partial charge is 0.338 e. The summed E-state index contributed by atoms with van der Waals surface area (Å²) in [7, 11) is -2.53. The number of nitrogens with one attached hydrogen (secondary N) is 1. The highest BCUT2D eigenvalue weighted by Crippen LogP contribution is 2.28. The van der Waals surface area contributed by atoms with Crippen molar-refractivity contribution in [2.24, 2.45) is 0 Å². The molecular formula is C22H23ClN2O7S. The van der Waals surface area contributed by atoms with Crippen molar-refractivity contribution in [2.45, 2.75) is 24.3 Å². The van der Waals surface area contributed by atoms with Gasteiger partial charge in [0.1, 0.15) is 4.90 Å². The summed E-state index contributed by atoms with van der Waals surface area (Å²) in [5, 5.41) is 2.60. The summed E-state index contributed by atoms with van der Waals surface area (Å²) in [5.74, 6) is -1.85. The predicted molar refractivity (Wildman–Crippen MR) is 119 cm³/mol. The van der Waals surface area contributed by atoms with Gasteiger partial charge >= 0.3 is 11.9 Å². The van der Waals surface area contributed by atoms with Crippen LogP contribution in [0, 0.1) is 0 Å². The van der Waals surface area contributed by atoms with Crippen LogP contribution in [0.1, 0.15) is 39.1 Å². The van der Waals surface area contributed by atoms with Crippen molar-refractivity contribution in [1.82, 2.24) is 9.62 Å². The van der Waals surface area contributed by atoms with E-state index in [1.54, 1.807) is 24.3 Å². The summed E-state index contributed by atoms with van der Waals surface area (Å²) in [5.41, 5.74) is 1.09. The number of methoxy groups -OCH3 is 1. The zero-order valence-electron chi connectivity index (χ0n) is 17.9. The second-order valence-corrected chi connectivity index (χ2v) is 9.61. The Hall–Kier alpha value is -2.95. The Morgan fingerprint density at radius 3 is 2.27 bits per heavy atom. The van der Waals surface area contributed by atoms with Crippen molar-refractivity contribution in [1.29, 1.82) is 0 Å². The lowest BCUT2D eigenvalue weighted by Crippen LogP contribution is -2.29. The van der Waals surface area contributed by atoms with E-state index in [4.69, 9.17) is 16.3 Å². The van der Waals surface area contributed by atoms with Crippen LogP contribution in [0.15, 0.2) is 47.4 Å². The Balaban J connectivity index is 1.56. The largest absolute Gasteiger partial charge is 0.465 e. The second-order valence-electron chi connectivity index (χ2n) is 7.30. The number of amides is 1. The lowest BCUT2D eigenvalue weighted by Gasteiger charge is -2.17. The van der Waals surface area contributed by atoms with E-state index in [0.717, 1.165) is 18.4 Å². The number of carbonyl (C=O) groups excluding carboxylic acids is 3. The molecule has 0 aromatic heterocycles. The monoisotopic (exact) mass is 494 g/mol. The molecule has 33 heavy (non-hydrogen) atoms. The lowest BCUT2D eigenvalue weighted by atomic mass is 10.1. The Morgan fingerprint density at radius 1 is 1.00 bits per heavy atom.